The first kappa shape index (κ1) is 16.5. The van der Waals surface area contributed by atoms with Crippen molar-refractivity contribution in [2.45, 2.75) is 38.8 Å². The van der Waals surface area contributed by atoms with Crippen LogP contribution in [0.1, 0.15) is 54.8 Å². The fourth-order valence-electron chi connectivity index (χ4n) is 3.52. The number of carbonyl (C=O) groups excluding carboxylic acids is 1. The van der Waals surface area contributed by atoms with Crippen molar-refractivity contribution in [2.75, 3.05) is 6.54 Å². The molecule has 7 nitrogen and oxygen atoms in total. The van der Waals surface area contributed by atoms with Gasteiger partial charge >= 0.3 is 0 Å². The number of H-pyrrole nitrogens is 1. The molecule has 0 spiro atoms. The predicted octanol–water partition coefficient (Wildman–Crippen LogP) is 3.23. The molecule has 3 aromatic heterocycles. The summed E-state index contributed by atoms with van der Waals surface area (Å²) in [6.07, 6.45) is 10.7. The molecular formula is C19H22N6O. The lowest BCUT2D eigenvalue weighted by molar-refractivity contribution is 0.0733. The lowest BCUT2D eigenvalue weighted by Gasteiger charge is -2.24. The van der Waals surface area contributed by atoms with E-state index in [0.717, 1.165) is 36.2 Å². The van der Waals surface area contributed by atoms with Gasteiger partial charge in [-0.3, -0.25) is 19.6 Å². The molecule has 4 rings (SSSR count). The smallest absolute Gasteiger partial charge is 0.257 e. The van der Waals surface area contributed by atoms with E-state index in [9.17, 15) is 4.79 Å². The van der Waals surface area contributed by atoms with Crippen LogP contribution in [0.3, 0.4) is 0 Å². The van der Waals surface area contributed by atoms with Crippen molar-refractivity contribution in [2.24, 2.45) is 0 Å². The first-order valence-corrected chi connectivity index (χ1v) is 8.94. The summed E-state index contributed by atoms with van der Waals surface area (Å²) >= 11 is 0. The predicted molar refractivity (Wildman–Crippen MR) is 97.4 cm³/mol. The molecular weight excluding hydrogens is 328 g/mol. The third-order valence-electron chi connectivity index (χ3n) is 4.88. The third kappa shape index (κ3) is 2.89. The Kier molecular flexibility index (Phi) is 4.28. The highest BCUT2D eigenvalue weighted by Gasteiger charge is 2.33. The number of aromatic amines is 1. The Morgan fingerprint density at radius 3 is 2.81 bits per heavy atom. The van der Waals surface area contributed by atoms with Crippen molar-refractivity contribution >= 4 is 5.91 Å². The topological polar surface area (TPSA) is 79.7 Å². The molecule has 4 heterocycles. The minimum Gasteiger partial charge on any atom is -0.330 e. The Balaban J connectivity index is 1.63. The summed E-state index contributed by atoms with van der Waals surface area (Å²) in [7, 11) is 0. The Labute approximate surface area is 152 Å². The van der Waals surface area contributed by atoms with E-state index < -0.39 is 0 Å². The summed E-state index contributed by atoms with van der Waals surface area (Å²) in [4.78, 5) is 19.1. The SMILES string of the molecule is CC(C)n1cc(C(=O)N2CCCC2c2[nH]ncc2-c2ccncc2)cn1. The highest BCUT2D eigenvalue weighted by Crippen LogP contribution is 2.37. The number of nitrogens with zero attached hydrogens (tertiary/aromatic N) is 5. The van der Waals surface area contributed by atoms with Gasteiger partial charge in [0.05, 0.1) is 29.7 Å². The van der Waals surface area contributed by atoms with E-state index >= 15 is 0 Å². The van der Waals surface area contributed by atoms with Gasteiger partial charge < -0.3 is 4.90 Å². The standard InChI is InChI=1S/C19H22N6O/c1-13(2)25-12-15(10-22-25)19(26)24-9-3-4-17(24)18-16(11-21-23-18)14-5-7-20-8-6-14/h5-8,10-13,17H,3-4,9H2,1-2H3,(H,21,23). The quantitative estimate of drug-likeness (QED) is 0.783. The van der Waals surface area contributed by atoms with Crippen LogP contribution >= 0.6 is 0 Å². The number of aromatic nitrogens is 5. The molecule has 1 atom stereocenters. The number of likely N-dealkylation sites (tertiary alicyclic amines) is 1. The Hall–Kier alpha value is -2.96. The first-order valence-electron chi connectivity index (χ1n) is 8.94. The van der Waals surface area contributed by atoms with Crippen molar-refractivity contribution in [1.82, 2.24) is 29.9 Å². The van der Waals surface area contributed by atoms with Crippen LogP contribution in [0.15, 0.2) is 43.1 Å². The Morgan fingerprint density at radius 2 is 2.08 bits per heavy atom. The van der Waals surface area contributed by atoms with E-state index in [2.05, 4.69) is 20.3 Å². The van der Waals surface area contributed by atoms with E-state index in [4.69, 9.17) is 0 Å². The average Bonchev–Trinajstić information content (AvgIpc) is 3.40. The lowest BCUT2D eigenvalue weighted by atomic mass is 10.0. The average molecular weight is 350 g/mol. The number of hydrogen-bond donors (Lipinski definition) is 1. The maximum atomic E-state index is 13.1. The van der Waals surface area contributed by atoms with Crippen molar-refractivity contribution in [1.29, 1.82) is 0 Å². The van der Waals surface area contributed by atoms with Crippen LogP contribution < -0.4 is 0 Å². The third-order valence-corrected chi connectivity index (χ3v) is 4.88. The molecule has 1 aliphatic rings. The molecule has 1 N–H and O–H groups in total. The molecule has 0 radical (unpaired) electrons. The number of hydrogen-bond acceptors (Lipinski definition) is 4. The largest absolute Gasteiger partial charge is 0.330 e. The molecule has 1 amide bonds. The number of rotatable bonds is 4. The molecule has 26 heavy (non-hydrogen) atoms. The number of amides is 1. The number of carbonyl (C=O) groups is 1. The van der Waals surface area contributed by atoms with Gasteiger partial charge in [0, 0.05) is 36.7 Å². The second-order valence-corrected chi connectivity index (χ2v) is 6.89. The van der Waals surface area contributed by atoms with Gasteiger partial charge in [-0.25, -0.2) is 0 Å². The first-order chi connectivity index (χ1) is 12.6. The van der Waals surface area contributed by atoms with Gasteiger partial charge in [0.15, 0.2) is 0 Å². The van der Waals surface area contributed by atoms with Crippen molar-refractivity contribution < 1.29 is 4.79 Å². The van der Waals surface area contributed by atoms with Crippen molar-refractivity contribution in [3.8, 4) is 11.1 Å². The fourth-order valence-corrected chi connectivity index (χ4v) is 3.52. The van der Waals surface area contributed by atoms with Crippen molar-refractivity contribution in [3.05, 3.63) is 54.4 Å². The monoisotopic (exact) mass is 350 g/mol. The van der Waals surface area contributed by atoms with Gasteiger partial charge in [-0.15, -0.1) is 0 Å². The molecule has 7 heteroatoms. The zero-order chi connectivity index (χ0) is 18.1. The molecule has 0 aliphatic carbocycles. The lowest BCUT2D eigenvalue weighted by Crippen LogP contribution is -2.30. The van der Waals surface area contributed by atoms with Crippen LogP contribution in [0, 0.1) is 0 Å². The van der Waals surface area contributed by atoms with Crippen LogP contribution in [-0.4, -0.2) is 42.3 Å². The Bertz CT molecular complexity index is 898. The van der Waals surface area contributed by atoms with Gasteiger partial charge in [0.1, 0.15) is 0 Å². The summed E-state index contributed by atoms with van der Waals surface area (Å²) in [5.74, 6) is 0.0229. The zero-order valence-corrected chi connectivity index (χ0v) is 15.0. The van der Waals surface area contributed by atoms with Crippen molar-refractivity contribution in [3.63, 3.8) is 0 Å². The molecule has 0 saturated carbocycles. The van der Waals surface area contributed by atoms with Crippen LogP contribution in [0.2, 0.25) is 0 Å². The van der Waals surface area contributed by atoms with E-state index in [1.165, 1.54) is 0 Å². The van der Waals surface area contributed by atoms with Gasteiger partial charge in [-0.1, -0.05) is 0 Å². The van der Waals surface area contributed by atoms with E-state index in [0.29, 0.717) is 5.56 Å². The minimum atomic E-state index is -0.00411. The number of nitrogens with one attached hydrogen (secondary N) is 1. The maximum absolute atomic E-state index is 13.1. The maximum Gasteiger partial charge on any atom is 0.257 e. The summed E-state index contributed by atoms with van der Waals surface area (Å²) in [5, 5.41) is 11.7. The summed E-state index contributed by atoms with van der Waals surface area (Å²) < 4.78 is 1.82. The van der Waals surface area contributed by atoms with Crippen LogP contribution in [0.25, 0.3) is 11.1 Å². The zero-order valence-electron chi connectivity index (χ0n) is 15.0. The molecule has 1 unspecified atom stereocenters. The van der Waals surface area contributed by atoms with Gasteiger partial charge in [0.2, 0.25) is 0 Å². The van der Waals surface area contributed by atoms with Gasteiger partial charge in [0.25, 0.3) is 5.91 Å². The molecule has 0 aromatic carbocycles. The molecule has 1 saturated heterocycles. The van der Waals surface area contributed by atoms with Gasteiger partial charge in [-0.2, -0.15) is 10.2 Å². The fraction of sp³-hybridized carbons (Fsp3) is 0.368. The van der Waals surface area contributed by atoms with Crippen LogP contribution in [0.4, 0.5) is 0 Å². The summed E-state index contributed by atoms with van der Waals surface area (Å²) in [5.41, 5.74) is 3.69. The second-order valence-electron chi connectivity index (χ2n) is 6.89. The van der Waals surface area contributed by atoms with E-state index in [1.54, 1.807) is 18.6 Å². The Morgan fingerprint density at radius 1 is 1.27 bits per heavy atom. The summed E-state index contributed by atoms with van der Waals surface area (Å²) in [6.45, 7) is 4.84. The molecule has 3 aromatic rings. The van der Waals surface area contributed by atoms with Crippen LogP contribution in [-0.2, 0) is 0 Å². The molecule has 134 valence electrons. The second kappa shape index (κ2) is 6.74. The summed E-state index contributed by atoms with van der Waals surface area (Å²) in [6, 6.07) is 4.15. The molecule has 1 aliphatic heterocycles. The number of pyridine rings is 1. The normalized spacial score (nSPS) is 17.2. The minimum absolute atomic E-state index is 0.00411. The van der Waals surface area contributed by atoms with E-state index in [-0.39, 0.29) is 18.0 Å². The van der Waals surface area contributed by atoms with E-state index in [1.807, 2.05) is 48.0 Å². The van der Waals surface area contributed by atoms with Gasteiger partial charge in [-0.05, 0) is 44.4 Å². The molecule has 1 fully saturated rings. The molecule has 0 bridgehead atoms. The highest BCUT2D eigenvalue weighted by atomic mass is 16.2. The van der Waals surface area contributed by atoms with Crippen LogP contribution in [0.5, 0.6) is 0 Å². The highest BCUT2D eigenvalue weighted by molar-refractivity contribution is 5.94.